The average molecular weight is 335 g/mol. The van der Waals surface area contributed by atoms with Gasteiger partial charge in [-0.2, -0.15) is 0 Å². The summed E-state index contributed by atoms with van der Waals surface area (Å²) < 4.78 is 0. The van der Waals surface area contributed by atoms with Gasteiger partial charge < -0.3 is 10.6 Å². The molecule has 0 aliphatic heterocycles. The molecule has 0 saturated heterocycles. The molecule has 1 heterocycles. The van der Waals surface area contributed by atoms with Gasteiger partial charge in [0.2, 0.25) is 5.91 Å². The number of nitrogens with zero attached hydrogens (tertiary/aromatic N) is 1. The van der Waals surface area contributed by atoms with E-state index in [1.165, 1.54) is 12.8 Å². The third-order valence-electron chi connectivity index (χ3n) is 3.72. The highest BCUT2D eigenvalue weighted by molar-refractivity contribution is 7.99. The lowest BCUT2D eigenvalue weighted by Crippen LogP contribution is -2.35. The van der Waals surface area contributed by atoms with Crippen molar-refractivity contribution in [3.63, 3.8) is 0 Å². The van der Waals surface area contributed by atoms with Crippen LogP contribution in [-0.4, -0.2) is 34.6 Å². The number of carbonyl (C=O) groups excluding carboxylic acids is 2. The maximum atomic E-state index is 12.3. The Balaban J connectivity index is 1.79. The Bertz CT molecular complexity index is 542. The molecule has 23 heavy (non-hydrogen) atoms. The van der Waals surface area contributed by atoms with Crippen molar-refractivity contribution in [2.24, 2.45) is 0 Å². The number of nitrogens with one attached hydrogen (secondary N) is 2. The van der Waals surface area contributed by atoms with Crippen LogP contribution in [0.1, 0.15) is 56.3 Å². The van der Waals surface area contributed by atoms with Gasteiger partial charge in [0.1, 0.15) is 5.03 Å². The Kier molecular flexibility index (Phi) is 6.89. The molecule has 6 heteroatoms. The van der Waals surface area contributed by atoms with Crippen LogP contribution >= 0.6 is 11.8 Å². The molecule has 1 aromatic rings. The molecule has 0 unspecified atom stereocenters. The standard InChI is InChI=1S/C17H25N3O2S/c1-12(2)23-17-14(8-5-10-19-17)16(22)18-11-9-15(21)20-13-6-3-4-7-13/h5,8,10,12-13H,3-4,6-7,9,11H2,1-2H3,(H,18,22)(H,20,21). The number of thioether (sulfide) groups is 1. The second kappa shape index (κ2) is 8.91. The molecule has 1 aliphatic carbocycles. The number of pyridine rings is 1. The molecule has 1 aromatic heterocycles. The minimum absolute atomic E-state index is 0.0140. The van der Waals surface area contributed by atoms with Gasteiger partial charge in [-0.3, -0.25) is 9.59 Å². The smallest absolute Gasteiger partial charge is 0.254 e. The van der Waals surface area contributed by atoms with Gasteiger partial charge in [0.25, 0.3) is 5.91 Å². The molecule has 5 nitrogen and oxygen atoms in total. The lowest BCUT2D eigenvalue weighted by Gasteiger charge is -2.13. The Morgan fingerprint density at radius 1 is 1.35 bits per heavy atom. The zero-order valence-electron chi connectivity index (χ0n) is 13.8. The summed E-state index contributed by atoms with van der Waals surface area (Å²) in [7, 11) is 0. The minimum atomic E-state index is -0.171. The van der Waals surface area contributed by atoms with Crippen LogP contribution in [0.5, 0.6) is 0 Å². The van der Waals surface area contributed by atoms with Crippen molar-refractivity contribution in [3.05, 3.63) is 23.9 Å². The second-order valence-corrected chi connectivity index (χ2v) is 7.64. The first kappa shape index (κ1) is 17.8. The Morgan fingerprint density at radius 3 is 2.78 bits per heavy atom. The quantitative estimate of drug-likeness (QED) is 0.752. The van der Waals surface area contributed by atoms with Crippen molar-refractivity contribution in [3.8, 4) is 0 Å². The van der Waals surface area contributed by atoms with Crippen molar-refractivity contribution < 1.29 is 9.59 Å². The van der Waals surface area contributed by atoms with Crippen molar-refractivity contribution in [1.29, 1.82) is 0 Å². The molecule has 2 N–H and O–H groups in total. The molecule has 0 radical (unpaired) electrons. The molecule has 0 spiro atoms. The third-order valence-corrected chi connectivity index (χ3v) is 4.74. The first-order chi connectivity index (χ1) is 11.1. The molecule has 1 fully saturated rings. The number of amides is 2. The van der Waals surface area contributed by atoms with Crippen LogP contribution in [0.3, 0.4) is 0 Å². The van der Waals surface area contributed by atoms with Crippen molar-refractivity contribution in [2.75, 3.05) is 6.54 Å². The summed E-state index contributed by atoms with van der Waals surface area (Å²) in [4.78, 5) is 28.4. The van der Waals surface area contributed by atoms with E-state index in [1.54, 1.807) is 30.1 Å². The van der Waals surface area contributed by atoms with Crippen molar-refractivity contribution in [2.45, 2.75) is 62.3 Å². The highest BCUT2D eigenvalue weighted by atomic mass is 32.2. The maximum Gasteiger partial charge on any atom is 0.254 e. The molecule has 1 aliphatic rings. The van der Waals surface area contributed by atoms with Crippen LogP contribution in [0.25, 0.3) is 0 Å². The summed E-state index contributed by atoms with van der Waals surface area (Å²) in [5, 5.41) is 6.93. The third kappa shape index (κ3) is 5.86. The van der Waals surface area contributed by atoms with Gasteiger partial charge in [0, 0.05) is 30.5 Å². The van der Waals surface area contributed by atoms with E-state index in [9.17, 15) is 9.59 Å². The molecule has 0 atom stereocenters. The second-order valence-electron chi connectivity index (χ2n) is 6.08. The molecule has 1 saturated carbocycles. The van der Waals surface area contributed by atoms with Crippen LogP contribution in [0, 0.1) is 0 Å². The Labute approximate surface area is 142 Å². The summed E-state index contributed by atoms with van der Waals surface area (Å²) in [5.74, 6) is -0.157. The molecule has 2 rings (SSSR count). The number of hydrogen-bond acceptors (Lipinski definition) is 4. The van der Waals surface area contributed by atoms with Gasteiger partial charge >= 0.3 is 0 Å². The van der Waals surface area contributed by atoms with E-state index in [-0.39, 0.29) is 11.8 Å². The first-order valence-corrected chi connectivity index (χ1v) is 9.13. The van der Waals surface area contributed by atoms with E-state index in [1.807, 2.05) is 0 Å². The molecule has 0 bridgehead atoms. The fourth-order valence-corrected chi connectivity index (χ4v) is 3.49. The monoisotopic (exact) mass is 335 g/mol. The van der Waals surface area contributed by atoms with Gasteiger partial charge in [-0.1, -0.05) is 26.7 Å². The van der Waals surface area contributed by atoms with Crippen molar-refractivity contribution >= 4 is 23.6 Å². The molecular formula is C17H25N3O2S. The minimum Gasteiger partial charge on any atom is -0.353 e. The SMILES string of the molecule is CC(C)Sc1ncccc1C(=O)NCCC(=O)NC1CCCC1. The van der Waals surface area contributed by atoms with E-state index < -0.39 is 0 Å². The van der Waals surface area contributed by atoms with Crippen LogP contribution in [0.4, 0.5) is 0 Å². The maximum absolute atomic E-state index is 12.3. The molecule has 126 valence electrons. The van der Waals surface area contributed by atoms with Gasteiger partial charge in [-0.25, -0.2) is 4.98 Å². The predicted molar refractivity (Wildman–Crippen MR) is 92.6 cm³/mol. The Morgan fingerprint density at radius 2 is 2.09 bits per heavy atom. The van der Waals surface area contributed by atoms with Crippen LogP contribution in [-0.2, 0) is 4.79 Å². The summed E-state index contributed by atoms with van der Waals surface area (Å²) in [6.07, 6.45) is 6.54. The van der Waals surface area contributed by atoms with Gasteiger partial charge in [0.05, 0.1) is 5.56 Å². The summed E-state index contributed by atoms with van der Waals surface area (Å²) >= 11 is 1.56. The highest BCUT2D eigenvalue weighted by Gasteiger charge is 2.17. The molecular weight excluding hydrogens is 310 g/mol. The Hall–Kier alpha value is -1.56. The van der Waals surface area contributed by atoms with E-state index >= 15 is 0 Å². The molecule has 2 amide bonds. The van der Waals surface area contributed by atoms with Gasteiger partial charge in [0.15, 0.2) is 0 Å². The van der Waals surface area contributed by atoms with Gasteiger partial charge in [-0.15, -0.1) is 11.8 Å². The van der Waals surface area contributed by atoms with Crippen LogP contribution in [0.15, 0.2) is 23.4 Å². The van der Waals surface area contributed by atoms with E-state index in [2.05, 4.69) is 29.5 Å². The normalized spacial score (nSPS) is 14.9. The lowest BCUT2D eigenvalue weighted by molar-refractivity contribution is -0.121. The topological polar surface area (TPSA) is 71.1 Å². The fraction of sp³-hybridized carbons (Fsp3) is 0.588. The number of rotatable bonds is 7. The van der Waals surface area contributed by atoms with E-state index in [0.29, 0.717) is 29.8 Å². The zero-order valence-corrected chi connectivity index (χ0v) is 14.6. The largest absolute Gasteiger partial charge is 0.353 e. The number of hydrogen-bond donors (Lipinski definition) is 2. The van der Waals surface area contributed by atoms with Crippen LogP contribution < -0.4 is 10.6 Å². The highest BCUT2D eigenvalue weighted by Crippen LogP contribution is 2.24. The first-order valence-electron chi connectivity index (χ1n) is 8.25. The zero-order chi connectivity index (χ0) is 16.7. The number of aromatic nitrogens is 1. The summed E-state index contributed by atoms with van der Waals surface area (Å²) in [5.41, 5.74) is 0.572. The lowest BCUT2D eigenvalue weighted by atomic mass is 10.2. The summed E-state index contributed by atoms with van der Waals surface area (Å²) in [6, 6.07) is 3.85. The average Bonchev–Trinajstić information content (AvgIpc) is 3.00. The van der Waals surface area contributed by atoms with Gasteiger partial charge in [-0.05, 0) is 25.0 Å². The van der Waals surface area contributed by atoms with Crippen molar-refractivity contribution in [1.82, 2.24) is 15.6 Å². The molecule has 0 aromatic carbocycles. The van der Waals surface area contributed by atoms with E-state index in [0.717, 1.165) is 17.9 Å². The fourth-order valence-electron chi connectivity index (χ4n) is 2.64. The summed E-state index contributed by atoms with van der Waals surface area (Å²) in [6.45, 7) is 4.47. The predicted octanol–water partition coefficient (Wildman–Crippen LogP) is 2.76. The number of carbonyl (C=O) groups is 2. The van der Waals surface area contributed by atoms with E-state index in [4.69, 9.17) is 0 Å². The van der Waals surface area contributed by atoms with Crippen LogP contribution in [0.2, 0.25) is 0 Å².